The van der Waals surface area contributed by atoms with Crippen molar-refractivity contribution >= 4 is 50.5 Å². The molecule has 2 aromatic carbocycles. The van der Waals surface area contributed by atoms with Crippen molar-refractivity contribution in [2.24, 2.45) is 5.92 Å². The number of hydrogen-bond donors (Lipinski definition) is 3. The first kappa shape index (κ1) is 36.8. The summed E-state index contributed by atoms with van der Waals surface area (Å²) in [5.74, 6) is 0.135. The molecule has 6 aromatic rings. The van der Waals surface area contributed by atoms with Crippen LogP contribution >= 0.6 is 22.7 Å². The zero-order chi connectivity index (χ0) is 38.4. The van der Waals surface area contributed by atoms with Crippen molar-refractivity contribution in [2.75, 3.05) is 24.5 Å². The first-order chi connectivity index (χ1) is 26.5. The lowest BCUT2D eigenvalue weighted by Crippen LogP contribution is -2.48. The van der Waals surface area contributed by atoms with Gasteiger partial charge in [-0.15, -0.1) is 32.9 Å². The minimum absolute atomic E-state index is 0.0692. The number of aromatic nitrogens is 4. The number of nitrogens with zero attached hydrogens (tertiary/aromatic N) is 6. The van der Waals surface area contributed by atoms with Gasteiger partial charge in [0.1, 0.15) is 23.2 Å². The smallest absolute Gasteiger partial charge is 0.243 e. The van der Waals surface area contributed by atoms with Gasteiger partial charge in [-0.05, 0) is 61.6 Å². The summed E-state index contributed by atoms with van der Waals surface area (Å²) in [5, 5.41) is 37.3. The summed E-state index contributed by atoms with van der Waals surface area (Å²) in [6.07, 6.45) is 0.265. The molecule has 284 valence electrons. The van der Waals surface area contributed by atoms with Gasteiger partial charge in [0.15, 0.2) is 11.6 Å². The van der Waals surface area contributed by atoms with E-state index in [2.05, 4.69) is 36.6 Å². The van der Waals surface area contributed by atoms with Gasteiger partial charge in [0, 0.05) is 48.5 Å². The number of aliphatic hydroxyl groups is 1. The molecule has 2 amide bonds. The van der Waals surface area contributed by atoms with Gasteiger partial charge in [0.05, 0.1) is 38.6 Å². The van der Waals surface area contributed by atoms with E-state index in [-0.39, 0.29) is 48.4 Å². The number of β-amino-alcohol motifs (C(OH)–C–C–N with tert-alkyl or cyclic N) is 1. The van der Waals surface area contributed by atoms with Gasteiger partial charge in [-0.25, -0.2) is 4.98 Å². The number of thiophene rings is 1. The van der Waals surface area contributed by atoms with Gasteiger partial charge in [0.25, 0.3) is 0 Å². The zero-order valence-corrected chi connectivity index (χ0v) is 32.7. The fourth-order valence-corrected chi connectivity index (χ4v) is 9.74. The second-order valence-corrected chi connectivity index (χ2v) is 16.9. The molecular weight excluding hydrogens is 735 g/mol. The number of likely N-dealkylation sites (tertiary alicyclic amines) is 1. The van der Waals surface area contributed by atoms with Crippen LogP contribution in [-0.4, -0.2) is 79.0 Å². The lowest BCUT2D eigenvalue weighted by molar-refractivity contribution is -0.141. The molecule has 0 unspecified atom stereocenters. The molecule has 0 bridgehead atoms. The van der Waals surface area contributed by atoms with Crippen molar-refractivity contribution in [3.63, 3.8) is 0 Å². The molecule has 2 saturated heterocycles. The third-order valence-corrected chi connectivity index (χ3v) is 13.0. The number of phenols is 1. The van der Waals surface area contributed by atoms with Crippen LogP contribution in [0.1, 0.15) is 73.4 Å². The Morgan fingerprint density at radius 1 is 1.02 bits per heavy atom. The summed E-state index contributed by atoms with van der Waals surface area (Å²) in [4.78, 5) is 38.3. The number of hydrogen-bond acceptors (Lipinski definition) is 12. The van der Waals surface area contributed by atoms with Crippen molar-refractivity contribution in [1.29, 1.82) is 0 Å². The van der Waals surface area contributed by atoms with Crippen LogP contribution in [0.3, 0.4) is 0 Å². The van der Waals surface area contributed by atoms with E-state index >= 15 is 0 Å². The van der Waals surface area contributed by atoms with E-state index in [0.717, 1.165) is 51.4 Å². The molecule has 6 heterocycles. The van der Waals surface area contributed by atoms with Gasteiger partial charge >= 0.3 is 0 Å². The molecule has 3 N–H and O–H groups in total. The molecule has 14 heteroatoms. The van der Waals surface area contributed by atoms with Crippen molar-refractivity contribution < 1.29 is 24.3 Å². The molecule has 0 saturated carbocycles. The summed E-state index contributed by atoms with van der Waals surface area (Å²) in [6.45, 7) is 9.37. The topological polar surface area (TPSA) is 158 Å². The quantitative estimate of drug-likeness (QED) is 0.132. The van der Waals surface area contributed by atoms with Crippen LogP contribution in [0.15, 0.2) is 76.8 Å². The Kier molecular flexibility index (Phi) is 10.1. The third-order valence-electron chi connectivity index (χ3n) is 10.8. The van der Waals surface area contributed by atoms with Crippen molar-refractivity contribution in [3.05, 3.63) is 94.1 Å². The van der Waals surface area contributed by atoms with Gasteiger partial charge < -0.3 is 29.9 Å². The van der Waals surface area contributed by atoms with E-state index in [0.29, 0.717) is 22.8 Å². The number of fused-ring (bicyclic) bond motifs is 1. The number of thiazole rings is 1. The number of nitrogens with one attached hydrogen (secondary N) is 1. The molecule has 2 aliphatic rings. The van der Waals surface area contributed by atoms with Crippen LogP contribution in [0.25, 0.3) is 31.9 Å². The summed E-state index contributed by atoms with van der Waals surface area (Å²) < 4.78 is 6.89. The van der Waals surface area contributed by atoms with E-state index in [1.807, 2.05) is 81.7 Å². The molecule has 55 heavy (non-hydrogen) atoms. The van der Waals surface area contributed by atoms with Gasteiger partial charge in [-0.1, -0.05) is 55.4 Å². The number of carbonyl (C=O) groups is 2. The Morgan fingerprint density at radius 2 is 1.82 bits per heavy atom. The highest BCUT2D eigenvalue weighted by molar-refractivity contribution is 7.19. The Bertz CT molecular complexity index is 2340. The lowest BCUT2D eigenvalue weighted by Gasteiger charge is -2.29. The summed E-state index contributed by atoms with van der Waals surface area (Å²) in [6, 6.07) is 20.0. The normalized spacial score (nSPS) is 19.7. The number of para-hydroxylation sites is 1. The van der Waals surface area contributed by atoms with E-state index in [1.165, 1.54) is 9.78 Å². The average Bonchev–Trinajstić information content (AvgIpc) is 4.02. The van der Waals surface area contributed by atoms with Crippen LogP contribution in [0.4, 0.5) is 5.82 Å². The zero-order valence-electron chi connectivity index (χ0n) is 31.0. The summed E-state index contributed by atoms with van der Waals surface area (Å²) in [7, 11) is 0. The van der Waals surface area contributed by atoms with Gasteiger partial charge in [-0.2, -0.15) is 0 Å². The standard InChI is InChI=1S/C41H43N7O5S2/c1-22(2)38(41(52)48-20-28(49)15-32(48)40(51)43-23(3)25-9-11-26(12-10-25)39-24(4)42-21-54-39)34-18-37(46-53-34)47-14-13-27(19-47)35-17-31-36(55-35)16-30(44-45-31)29-7-5-6-8-33(29)50/h5-12,16-18,21-23,27-28,32,38,49-50H,13-15,19-20H2,1-4H3,(H,43,51)/t23-,27-,28+,32-,38+/m0/s1. The number of aromatic hydroxyl groups is 1. The Labute approximate surface area is 326 Å². The van der Waals surface area contributed by atoms with Crippen LogP contribution in [-0.2, 0) is 9.59 Å². The monoisotopic (exact) mass is 777 g/mol. The first-order valence-electron chi connectivity index (χ1n) is 18.6. The highest BCUT2D eigenvalue weighted by atomic mass is 32.1. The number of benzene rings is 2. The maximum Gasteiger partial charge on any atom is 0.243 e. The Balaban J connectivity index is 0.933. The molecule has 5 atom stereocenters. The largest absolute Gasteiger partial charge is 0.507 e. The van der Waals surface area contributed by atoms with Crippen LogP contribution < -0.4 is 10.2 Å². The van der Waals surface area contributed by atoms with Gasteiger partial charge in [-0.3, -0.25) is 9.59 Å². The molecule has 2 fully saturated rings. The number of amides is 2. The lowest BCUT2D eigenvalue weighted by atomic mass is 9.91. The second-order valence-electron chi connectivity index (χ2n) is 14.9. The molecule has 2 aliphatic heterocycles. The number of rotatable bonds is 10. The molecule has 12 nitrogen and oxygen atoms in total. The second kappa shape index (κ2) is 15.2. The fourth-order valence-electron chi connectivity index (χ4n) is 7.77. The average molecular weight is 778 g/mol. The van der Waals surface area contributed by atoms with E-state index in [1.54, 1.807) is 34.8 Å². The molecule has 4 aromatic heterocycles. The molecule has 0 spiro atoms. The van der Waals surface area contributed by atoms with Crippen molar-refractivity contribution in [1.82, 2.24) is 30.6 Å². The molecule has 8 rings (SSSR count). The Hall–Kier alpha value is -5.18. The predicted octanol–water partition coefficient (Wildman–Crippen LogP) is 7.06. The maximum atomic E-state index is 14.3. The van der Waals surface area contributed by atoms with Gasteiger partial charge in [0.2, 0.25) is 11.8 Å². The van der Waals surface area contributed by atoms with Crippen LogP contribution in [0.5, 0.6) is 5.75 Å². The minimum Gasteiger partial charge on any atom is -0.507 e. The number of aryl methyl sites for hydroxylation is 1. The number of anilines is 1. The predicted molar refractivity (Wildman–Crippen MR) is 213 cm³/mol. The van der Waals surface area contributed by atoms with E-state index in [9.17, 15) is 19.8 Å². The van der Waals surface area contributed by atoms with E-state index < -0.39 is 18.1 Å². The van der Waals surface area contributed by atoms with Crippen molar-refractivity contribution in [2.45, 2.75) is 70.6 Å². The SMILES string of the molecule is Cc1ncsc1-c1ccc([C@H](C)NC(=O)[C@@H]2C[C@@H](O)CN2C(=O)[C@@H](c2cc(N3CC[C@H](c4cc5nnc(-c6ccccc6O)cc5s4)C3)no2)C(C)C)cc1. The summed E-state index contributed by atoms with van der Waals surface area (Å²) in [5.41, 5.74) is 6.93. The third kappa shape index (κ3) is 7.33. The van der Waals surface area contributed by atoms with E-state index in [4.69, 9.17) is 4.52 Å². The highest BCUT2D eigenvalue weighted by Gasteiger charge is 2.44. The number of phenolic OH excluding ortho intramolecular Hbond substituents is 1. The highest BCUT2D eigenvalue weighted by Crippen LogP contribution is 2.39. The fraction of sp³-hybridized carbons (Fsp3) is 0.366. The Morgan fingerprint density at radius 3 is 2.56 bits per heavy atom. The number of aliphatic hydroxyl groups excluding tert-OH is 1. The molecule has 0 aliphatic carbocycles. The van der Waals surface area contributed by atoms with Crippen LogP contribution in [0, 0.1) is 12.8 Å². The minimum atomic E-state index is -0.812. The molecule has 0 radical (unpaired) electrons. The number of carbonyl (C=O) groups excluding carboxylic acids is 2. The summed E-state index contributed by atoms with van der Waals surface area (Å²) >= 11 is 3.28. The maximum absolute atomic E-state index is 14.3. The van der Waals surface area contributed by atoms with Crippen LogP contribution in [0.2, 0.25) is 0 Å². The van der Waals surface area contributed by atoms with Crippen molar-refractivity contribution in [3.8, 4) is 27.4 Å². The first-order valence-corrected chi connectivity index (χ1v) is 20.3. The molecular formula is C41H43N7O5S2.